The summed E-state index contributed by atoms with van der Waals surface area (Å²) < 4.78 is 11.1. The van der Waals surface area contributed by atoms with E-state index in [0.29, 0.717) is 11.8 Å². The molecule has 2 aliphatic heterocycles. The number of nitrogens with one attached hydrogen (secondary N) is 2. The largest absolute Gasteiger partial charge is 0.479 e. The van der Waals surface area contributed by atoms with E-state index < -0.39 is 6.10 Å². The number of ether oxygens (including phenoxy) is 2. The van der Waals surface area contributed by atoms with Gasteiger partial charge in [-0.15, -0.1) is 0 Å². The predicted octanol–water partition coefficient (Wildman–Crippen LogP) is 2.00. The van der Waals surface area contributed by atoms with E-state index in [1.54, 1.807) is 6.92 Å². The van der Waals surface area contributed by atoms with Gasteiger partial charge < -0.3 is 20.1 Å². The molecule has 2 aliphatic rings. The molecule has 1 saturated heterocycles. The Kier molecular flexibility index (Phi) is 3.06. The second-order valence-electron chi connectivity index (χ2n) is 5.08. The molecule has 0 aromatic heterocycles. The third kappa shape index (κ3) is 2.38. The first-order chi connectivity index (χ1) is 9.13. The van der Waals surface area contributed by atoms with Gasteiger partial charge in [-0.3, -0.25) is 4.79 Å². The molecular weight excluding hydrogens is 244 g/mol. The highest BCUT2D eigenvalue weighted by Gasteiger charge is 2.26. The zero-order valence-electron chi connectivity index (χ0n) is 11.1. The van der Waals surface area contributed by atoms with Gasteiger partial charge in [-0.25, -0.2) is 0 Å². The van der Waals surface area contributed by atoms with E-state index in [-0.39, 0.29) is 12.0 Å². The highest BCUT2D eigenvalue weighted by Crippen LogP contribution is 2.33. The van der Waals surface area contributed by atoms with Gasteiger partial charge in [0.25, 0.3) is 5.91 Å². The van der Waals surface area contributed by atoms with Crippen molar-refractivity contribution in [2.75, 3.05) is 17.2 Å². The van der Waals surface area contributed by atoms with E-state index in [1.165, 1.54) is 0 Å². The molecule has 0 bridgehead atoms. The number of anilines is 2. The Morgan fingerprint density at radius 1 is 1.37 bits per heavy atom. The van der Waals surface area contributed by atoms with Crippen LogP contribution in [0.15, 0.2) is 18.2 Å². The van der Waals surface area contributed by atoms with Crippen molar-refractivity contribution in [3.8, 4) is 5.75 Å². The topological polar surface area (TPSA) is 59.6 Å². The van der Waals surface area contributed by atoms with Crippen molar-refractivity contribution in [3.05, 3.63) is 18.2 Å². The van der Waals surface area contributed by atoms with Gasteiger partial charge in [0, 0.05) is 12.3 Å². The Balaban J connectivity index is 1.78. The number of rotatable bonds is 2. The average molecular weight is 262 g/mol. The Bertz CT molecular complexity index is 503. The molecule has 0 aliphatic carbocycles. The maximum Gasteiger partial charge on any atom is 0.265 e. The van der Waals surface area contributed by atoms with Gasteiger partial charge in [0.15, 0.2) is 6.10 Å². The molecular formula is C14H18N2O3. The standard InChI is InChI=1S/C14H18N2O3/c1-8-11(5-6-18-8)15-10-3-4-13-12(7-10)16-14(17)9(2)19-13/h3-4,7-9,11,15H,5-6H2,1-2H3,(H,16,17). The summed E-state index contributed by atoms with van der Waals surface area (Å²) >= 11 is 0. The zero-order chi connectivity index (χ0) is 13.4. The molecule has 0 saturated carbocycles. The van der Waals surface area contributed by atoms with E-state index in [4.69, 9.17) is 9.47 Å². The average Bonchev–Trinajstić information content (AvgIpc) is 2.77. The summed E-state index contributed by atoms with van der Waals surface area (Å²) in [5.74, 6) is 0.607. The quantitative estimate of drug-likeness (QED) is 0.855. The van der Waals surface area contributed by atoms with Crippen LogP contribution in [0, 0.1) is 0 Å². The molecule has 2 N–H and O–H groups in total. The van der Waals surface area contributed by atoms with Crippen LogP contribution in [0.3, 0.4) is 0 Å². The second kappa shape index (κ2) is 4.74. The minimum absolute atomic E-state index is 0.109. The van der Waals surface area contributed by atoms with Crippen LogP contribution in [0.4, 0.5) is 11.4 Å². The SMILES string of the molecule is CC1Oc2ccc(NC3CCOC3C)cc2NC1=O. The molecule has 1 aromatic carbocycles. The molecule has 19 heavy (non-hydrogen) atoms. The van der Waals surface area contributed by atoms with E-state index >= 15 is 0 Å². The van der Waals surface area contributed by atoms with E-state index in [2.05, 4.69) is 17.6 Å². The fourth-order valence-corrected chi connectivity index (χ4v) is 2.43. The lowest BCUT2D eigenvalue weighted by Crippen LogP contribution is -2.34. The summed E-state index contributed by atoms with van der Waals surface area (Å²) in [6, 6.07) is 6.07. The molecule has 1 amide bonds. The Hall–Kier alpha value is -1.75. The van der Waals surface area contributed by atoms with Gasteiger partial charge in [0.05, 0.1) is 17.8 Å². The highest BCUT2D eigenvalue weighted by atomic mass is 16.5. The lowest BCUT2D eigenvalue weighted by Gasteiger charge is -2.24. The first-order valence-electron chi connectivity index (χ1n) is 6.63. The van der Waals surface area contributed by atoms with Crippen molar-refractivity contribution in [1.82, 2.24) is 0 Å². The summed E-state index contributed by atoms with van der Waals surface area (Å²) in [6.07, 6.45) is 0.773. The molecule has 0 spiro atoms. The van der Waals surface area contributed by atoms with Crippen molar-refractivity contribution in [1.29, 1.82) is 0 Å². The maximum absolute atomic E-state index is 11.6. The number of hydrogen-bond donors (Lipinski definition) is 2. The third-order valence-electron chi connectivity index (χ3n) is 3.64. The van der Waals surface area contributed by atoms with Crippen LogP contribution in [-0.2, 0) is 9.53 Å². The molecule has 102 valence electrons. The van der Waals surface area contributed by atoms with Crippen LogP contribution >= 0.6 is 0 Å². The lowest BCUT2D eigenvalue weighted by atomic mass is 10.1. The Morgan fingerprint density at radius 3 is 2.95 bits per heavy atom. The van der Waals surface area contributed by atoms with Gasteiger partial charge >= 0.3 is 0 Å². The van der Waals surface area contributed by atoms with Gasteiger partial charge in [0.2, 0.25) is 0 Å². The molecule has 5 nitrogen and oxygen atoms in total. The normalized spacial score (nSPS) is 29.4. The van der Waals surface area contributed by atoms with Crippen molar-refractivity contribution in [2.45, 2.75) is 38.5 Å². The fraction of sp³-hybridized carbons (Fsp3) is 0.500. The monoisotopic (exact) mass is 262 g/mol. The predicted molar refractivity (Wildman–Crippen MR) is 72.6 cm³/mol. The first-order valence-corrected chi connectivity index (χ1v) is 6.63. The van der Waals surface area contributed by atoms with Crippen LogP contribution in [0.1, 0.15) is 20.3 Å². The zero-order valence-corrected chi connectivity index (χ0v) is 11.1. The molecule has 1 fully saturated rings. The number of fused-ring (bicyclic) bond motifs is 1. The van der Waals surface area contributed by atoms with Crippen molar-refractivity contribution >= 4 is 17.3 Å². The number of amides is 1. The van der Waals surface area contributed by atoms with Gasteiger partial charge in [-0.2, -0.15) is 0 Å². The van der Waals surface area contributed by atoms with Crippen LogP contribution in [0.25, 0.3) is 0 Å². The van der Waals surface area contributed by atoms with Crippen LogP contribution in [0.5, 0.6) is 5.75 Å². The van der Waals surface area contributed by atoms with Crippen molar-refractivity contribution < 1.29 is 14.3 Å². The summed E-state index contributed by atoms with van der Waals surface area (Å²) in [7, 11) is 0. The lowest BCUT2D eigenvalue weighted by molar-refractivity contribution is -0.122. The molecule has 3 atom stereocenters. The molecule has 3 rings (SSSR count). The van der Waals surface area contributed by atoms with Crippen LogP contribution < -0.4 is 15.4 Å². The fourth-order valence-electron chi connectivity index (χ4n) is 2.43. The second-order valence-corrected chi connectivity index (χ2v) is 5.08. The van der Waals surface area contributed by atoms with Crippen LogP contribution in [-0.4, -0.2) is 30.8 Å². The van der Waals surface area contributed by atoms with Gasteiger partial charge in [0.1, 0.15) is 5.75 Å². The molecule has 2 heterocycles. The Labute approximate surface area is 112 Å². The van der Waals surface area contributed by atoms with Gasteiger partial charge in [-0.05, 0) is 38.5 Å². The van der Waals surface area contributed by atoms with Crippen molar-refractivity contribution in [2.24, 2.45) is 0 Å². The molecule has 1 aromatic rings. The Morgan fingerprint density at radius 2 is 2.21 bits per heavy atom. The minimum Gasteiger partial charge on any atom is -0.479 e. The van der Waals surface area contributed by atoms with Gasteiger partial charge in [-0.1, -0.05) is 0 Å². The smallest absolute Gasteiger partial charge is 0.265 e. The minimum atomic E-state index is -0.436. The van der Waals surface area contributed by atoms with E-state index in [1.807, 2.05) is 18.2 Å². The third-order valence-corrected chi connectivity index (χ3v) is 3.64. The number of carbonyl (C=O) groups excluding carboxylic acids is 1. The highest BCUT2D eigenvalue weighted by molar-refractivity contribution is 5.98. The summed E-state index contributed by atoms with van der Waals surface area (Å²) in [6.45, 7) is 4.60. The van der Waals surface area contributed by atoms with Crippen LogP contribution in [0.2, 0.25) is 0 Å². The maximum atomic E-state index is 11.6. The summed E-state index contributed by atoms with van der Waals surface area (Å²) in [5, 5.41) is 6.29. The first kappa shape index (κ1) is 12.3. The molecule has 3 unspecified atom stereocenters. The van der Waals surface area contributed by atoms with Crippen molar-refractivity contribution in [3.63, 3.8) is 0 Å². The van der Waals surface area contributed by atoms with E-state index in [9.17, 15) is 4.79 Å². The molecule has 5 heteroatoms. The number of benzene rings is 1. The molecule has 0 radical (unpaired) electrons. The summed E-state index contributed by atoms with van der Waals surface area (Å²) in [4.78, 5) is 11.6. The summed E-state index contributed by atoms with van der Waals surface area (Å²) in [5.41, 5.74) is 1.69. The van der Waals surface area contributed by atoms with E-state index in [0.717, 1.165) is 24.4 Å². The number of carbonyl (C=O) groups is 1. The number of hydrogen-bond acceptors (Lipinski definition) is 4.